The van der Waals surface area contributed by atoms with Crippen molar-refractivity contribution in [2.75, 3.05) is 0 Å². The van der Waals surface area contributed by atoms with E-state index in [1.54, 1.807) is 0 Å². The van der Waals surface area contributed by atoms with Gasteiger partial charge in [-0.2, -0.15) is 13.2 Å². The van der Waals surface area contributed by atoms with Gasteiger partial charge in [0.2, 0.25) is 5.78 Å². The highest BCUT2D eigenvalue weighted by molar-refractivity contribution is 5.93. The second-order valence-corrected chi connectivity index (χ2v) is 2.65. The van der Waals surface area contributed by atoms with Gasteiger partial charge in [0.25, 0.3) is 0 Å². The molecule has 2 nitrogen and oxygen atoms in total. The summed E-state index contributed by atoms with van der Waals surface area (Å²) < 4.78 is 33.4. The molecule has 0 atom stereocenters. The third-order valence-corrected chi connectivity index (χ3v) is 1.29. The molecule has 0 aliphatic carbocycles. The Morgan fingerprint density at radius 3 is 1.71 bits per heavy atom. The van der Waals surface area contributed by atoms with Gasteiger partial charge in [-0.1, -0.05) is 33.1 Å². The van der Waals surface area contributed by atoms with E-state index in [0.717, 1.165) is 0 Å². The lowest BCUT2D eigenvalue weighted by Crippen LogP contribution is -2.22. The van der Waals surface area contributed by atoms with Crippen molar-refractivity contribution in [2.24, 2.45) is 0 Å². The SMILES string of the molecule is CCCCC.O=CCC(=O)C(F)(F)F. The minimum absolute atomic E-state index is 0.0736. The zero-order valence-electron chi connectivity index (χ0n) is 8.36. The molecule has 0 spiro atoms. The molecule has 84 valence electrons. The molecule has 0 fully saturated rings. The van der Waals surface area contributed by atoms with Crippen LogP contribution in [0.3, 0.4) is 0 Å². The van der Waals surface area contributed by atoms with E-state index in [1.807, 2.05) is 0 Å². The predicted molar refractivity (Wildman–Crippen MR) is 46.9 cm³/mol. The summed E-state index contributed by atoms with van der Waals surface area (Å²) in [6.07, 6.45) is -1.94. The van der Waals surface area contributed by atoms with Crippen molar-refractivity contribution in [3.05, 3.63) is 0 Å². The van der Waals surface area contributed by atoms with Gasteiger partial charge < -0.3 is 4.79 Å². The van der Waals surface area contributed by atoms with Gasteiger partial charge in [-0.15, -0.1) is 0 Å². The van der Waals surface area contributed by atoms with Gasteiger partial charge in [-0.25, -0.2) is 0 Å². The summed E-state index contributed by atoms with van der Waals surface area (Å²) in [7, 11) is 0. The Kier molecular flexibility index (Phi) is 9.71. The number of alkyl halides is 3. The monoisotopic (exact) mass is 212 g/mol. The van der Waals surface area contributed by atoms with E-state index in [0.29, 0.717) is 0 Å². The molecule has 0 aliphatic heterocycles. The molecule has 0 aliphatic rings. The van der Waals surface area contributed by atoms with Crippen LogP contribution in [0.5, 0.6) is 0 Å². The van der Waals surface area contributed by atoms with Crippen molar-refractivity contribution in [3.63, 3.8) is 0 Å². The Morgan fingerprint density at radius 2 is 1.64 bits per heavy atom. The third-order valence-electron chi connectivity index (χ3n) is 1.29. The molecule has 0 saturated carbocycles. The van der Waals surface area contributed by atoms with E-state index in [4.69, 9.17) is 0 Å². The lowest BCUT2D eigenvalue weighted by Gasteiger charge is -1.98. The largest absolute Gasteiger partial charge is 0.450 e. The second-order valence-electron chi connectivity index (χ2n) is 2.65. The van der Waals surface area contributed by atoms with E-state index in [2.05, 4.69) is 13.8 Å². The van der Waals surface area contributed by atoms with Crippen LogP contribution in [0.25, 0.3) is 0 Å². The minimum atomic E-state index is -4.86. The van der Waals surface area contributed by atoms with Crippen LogP contribution in [0.2, 0.25) is 0 Å². The number of rotatable bonds is 4. The van der Waals surface area contributed by atoms with Crippen LogP contribution < -0.4 is 0 Å². The summed E-state index contributed by atoms with van der Waals surface area (Å²) in [6.45, 7) is 4.42. The van der Waals surface area contributed by atoms with Crippen molar-refractivity contribution in [3.8, 4) is 0 Å². The average molecular weight is 212 g/mol. The van der Waals surface area contributed by atoms with Gasteiger partial charge in [0.15, 0.2) is 0 Å². The number of halogens is 3. The minimum Gasteiger partial charge on any atom is -0.303 e. The third kappa shape index (κ3) is 11.1. The van der Waals surface area contributed by atoms with E-state index < -0.39 is 18.4 Å². The molecule has 5 heteroatoms. The quantitative estimate of drug-likeness (QED) is 0.530. The zero-order chi connectivity index (χ0) is 11.6. The van der Waals surface area contributed by atoms with Crippen LogP contribution in [-0.4, -0.2) is 18.2 Å². The summed E-state index contributed by atoms with van der Waals surface area (Å²) in [5.74, 6) is -2.00. The molecule has 0 amide bonds. The molecule has 0 bridgehead atoms. The van der Waals surface area contributed by atoms with E-state index in [1.165, 1.54) is 19.3 Å². The molecule has 0 aromatic rings. The Balaban J connectivity index is 0. The number of carbonyl (C=O) groups is 2. The van der Waals surface area contributed by atoms with Gasteiger partial charge in [-0.05, 0) is 0 Å². The molecule has 14 heavy (non-hydrogen) atoms. The van der Waals surface area contributed by atoms with Crippen molar-refractivity contribution in [1.82, 2.24) is 0 Å². The van der Waals surface area contributed by atoms with Crippen molar-refractivity contribution in [1.29, 1.82) is 0 Å². The normalized spacial score (nSPS) is 10.1. The van der Waals surface area contributed by atoms with Crippen molar-refractivity contribution in [2.45, 2.75) is 45.7 Å². The lowest BCUT2D eigenvalue weighted by atomic mass is 10.3. The molecule has 0 aromatic heterocycles. The molecular weight excluding hydrogens is 197 g/mol. The maximum absolute atomic E-state index is 11.1. The second kappa shape index (κ2) is 8.72. The summed E-state index contributed by atoms with van der Waals surface area (Å²) in [4.78, 5) is 19.0. The predicted octanol–water partition coefficient (Wildman–Crippen LogP) is 2.90. The highest BCUT2D eigenvalue weighted by Gasteiger charge is 2.37. The van der Waals surface area contributed by atoms with Crippen LogP contribution in [0.15, 0.2) is 0 Å². The topological polar surface area (TPSA) is 34.1 Å². The van der Waals surface area contributed by atoms with Crippen LogP contribution in [0, 0.1) is 0 Å². The lowest BCUT2D eigenvalue weighted by molar-refractivity contribution is -0.171. The number of hydrogen-bond donors (Lipinski definition) is 0. The Bertz CT molecular complexity index is 162. The summed E-state index contributed by atoms with van der Waals surface area (Å²) >= 11 is 0. The number of aldehydes is 1. The first-order chi connectivity index (χ1) is 6.40. The fourth-order valence-electron chi connectivity index (χ4n) is 0.545. The fraction of sp³-hybridized carbons (Fsp3) is 0.778. The fourth-order valence-corrected chi connectivity index (χ4v) is 0.545. The van der Waals surface area contributed by atoms with Crippen LogP contribution in [-0.2, 0) is 9.59 Å². The molecule has 0 N–H and O–H groups in total. The van der Waals surface area contributed by atoms with E-state index in [-0.39, 0.29) is 6.29 Å². The number of Topliss-reactive ketones (excluding diaryl/α,β-unsaturated/α-hetero) is 1. The first kappa shape index (κ1) is 15.6. The summed E-state index contributed by atoms with van der Waals surface area (Å²) in [6, 6.07) is 0. The number of ketones is 1. The first-order valence-corrected chi connectivity index (χ1v) is 4.43. The van der Waals surface area contributed by atoms with Gasteiger partial charge in [0.05, 0.1) is 6.42 Å². The number of unbranched alkanes of at least 4 members (excludes halogenated alkanes) is 2. The molecular formula is C9H15F3O2. The molecule has 0 radical (unpaired) electrons. The van der Waals surface area contributed by atoms with Gasteiger partial charge in [0.1, 0.15) is 6.29 Å². The maximum atomic E-state index is 11.1. The van der Waals surface area contributed by atoms with E-state index in [9.17, 15) is 22.8 Å². The van der Waals surface area contributed by atoms with Gasteiger partial charge >= 0.3 is 6.18 Å². The Hall–Kier alpha value is -0.870. The average Bonchev–Trinajstić information content (AvgIpc) is 2.05. The van der Waals surface area contributed by atoms with Crippen LogP contribution in [0.1, 0.15) is 39.5 Å². The number of hydrogen-bond acceptors (Lipinski definition) is 2. The van der Waals surface area contributed by atoms with Gasteiger partial charge in [-0.3, -0.25) is 4.79 Å². The van der Waals surface area contributed by atoms with Gasteiger partial charge in [0, 0.05) is 0 Å². The molecule has 0 saturated heterocycles. The summed E-state index contributed by atoms with van der Waals surface area (Å²) in [5, 5.41) is 0. The van der Waals surface area contributed by atoms with Crippen molar-refractivity contribution >= 4 is 12.1 Å². The smallest absolute Gasteiger partial charge is 0.303 e. The van der Waals surface area contributed by atoms with E-state index >= 15 is 0 Å². The number of carbonyl (C=O) groups excluding carboxylic acids is 2. The standard InChI is InChI=1S/C5H12.C4H3F3O2/c1-3-5-4-2;5-4(6,7)3(9)1-2-8/h3-5H2,1-2H3;2H,1H2. The maximum Gasteiger partial charge on any atom is 0.450 e. The molecule has 0 unspecified atom stereocenters. The van der Waals surface area contributed by atoms with Crippen LogP contribution >= 0.6 is 0 Å². The van der Waals surface area contributed by atoms with Crippen molar-refractivity contribution < 1.29 is 22.8 Å². The highest BCUT2D eigenvalue weighted by Crippen LogP contribution is 2.16. The summed E-state index contributed by atoms with van der Waals surface area (Å²) in [5.41, 5.74) is 0. The molecule has 0 rings (SSSR count). The zero-order valence-corrected chi connectivity index (χ0v) is 8.36. The van der Waals surface area contributed by atoms with Crippen LogP contribution in [0.4, 0.5) is 13.2 Å². The first-order valence-electron chi connectivity index (χ1n) is 4.43. The Labute approximate surface area is 81.5 Å². The highest BCUT2D eigenvalue weighted by atomic mass is 19.4. The molecule has 0 heterocycles. The Morgan fingerprint density at radius 1 is 1.21 bits per heavy atom. The molecule has 0 aromatic carbocycles.